The summed E-state index contributed by atoms with van der Waals surface area (Å²) in [5.74, 6) is -0.274. The number of nitrogens with zero attached hydrogens (tertiary/aromatic N) is 2. The summed E-state index contributed by atoms with van der Waals surface area (Å²) < 4.78 is 15.2. The lowest BCUT2D eigenvalue weighted by Crippen LogP contribution is -2.28. The van der Waals surface area contributed by atoms with Crippen molar-refractivity contribution in [1.82, 2.24) is 15.1 Å². The second kappa shape index (κ2) is 8.88. The van der Waals surface area contributed by atoms with Crippen LogP contribution in [0, 0.1) is 12.7 Å². The Kier molecular flexibility index (Phi) is 5.86. The van der Waals surface area contributed by atoms with E-state index in [9.17, 15) is 4.39 Å². The zero-order valence-electron chi connectivity index (χ0n) is 16.5. The summed E-state index contributed by atoms with van der Waals surface area (Å²) in [5, 5.41) is 11.8. The van der Waals surface area contributed by atoms with Crippen LogP contribution in [0.3, 0.4) is 0 Å². The van der Waals surface area contributed by atoms with Crippen molar-refractivity contribution in [3.63, 3.8) is 0 Å². The van der Waals surface area contributed by atoms with Crippen molar-refractivity contribution in [3.05, 3.63) is 102 Å². The Bertz CT molecular complexity index is 1150. The minimum absolute atomic E-state index is 0.274. The third-order valence-electron chi connectivity index (χ3n) is 4.76. The van der Waals surface area contributed by atoms with Crippen LogP contribution in [-0.2, 0) is 6.54 Å². The first-order valence-electron chi connectivity index (χ1n) is 9.60. The maximum Gasteiger partial charge on any atom is 0.171 e. The summed E-state index contributed by atoms with van der Waals surface area (Å²) in [6.45, 7) is 2.51. The molecule has 0 saturated carbocycles. The van der Waals surface area contributed by atoms with E-state index in [4.69, 9.17) is 17.3 Å². The fourth-order valence-electron chi connectivity index (χ4n) is 3.16. The van der Waals surface area contributed by atoms with Crippen molar-refractivity contribution in [1.29, 1.82) is 0 Å². The number of rotatable bonds is 5. The van der Waals surface area contributed by atoms with E-state index in [1.54, 1.807) is 12.1 Å². The van der Waals surface area contributed by atoms with Crippen molar-refractivity contribution < 1.29 is 4.39 Å². The minimum atomic E-state index is -0.274. The van der Waals surface area contributed by atoms with Crippen molar-refractivity contribution in [2.45, 2.75) is 13.5 Å². The van der Waals surface area contributed by atoms with E-state index in [1.807, 2.05) is 72.4 Å². The lowest BCUT2D eigenvalue weighted by Gasteiger charge is -2.12. The molecule has 4 nitrogen and oxygen atoms in total. The molecule has 4 aromatic rings. The van der Waals surface area contributed by atoms with Crippen LogP contribution in [0.2, 0.25) is 0 Å². The van der Waals surface area contributed by atoms with Crippen molar-refractivity contribution in [2.24, 2.45) is 0 Å². The second-order valence-electron chi connectivity index (χ2n) is 6.91. The molecule has 0 unspecified atom stereocenters. The highest BCUT2D eigenvalue weighted by Crippen LogP contribution is 2.24. The highest BCUT2D eigenvalue weighted by molar-refractivity contribution is 7.80. The summed E-state index contributed by atoms with van der Waals surface area (Å²) in [4.78, 5) is 0. The average molecular weight is 417 g/mol. The van der Waals surface area contributed by atoms with Gasteiger partial charge in [-0.05, 0) is 67.2 Å². The predicted molar refractivity (Wildman–Crippen MR) is 123 cm³/mol. The Balaban J connectivity index is 1.58. The first kappa shape index (κ1) is 19.8. The van der Waals surface area contributed by atoms with Crippen LogP contribution in [0.5, 0.6) is 0 Å². The summed E-state index contributed by atoms with van der Waals surface area (Å²) in [7, 11) is 0. The van der Waals surface area contributed by atoms with E-state index in [2.05, 4.69) is 10.6 Å². The molecule has 1 aromatic heterocycles. The molecule has 0 atom stereocenters. The standard InChI is InChI=1S/C24H21FN4S/c1-17-7-5-6-10-22(17)27-24(30)26-15-19-16-29(21-8-3-2-4-9-21)28-23(19)18-11-13-20(25)14-12-18/h2-14,16H,15H2,1H3,(H2,26,27,30). The third kappa shape index (κ3) is 4.55. The SMILES string of the molecule is Cc1ccccc1NC(=S)NCc1cn(-c2ccccc2)nc1-c1ccc(F)cc1. The predicted octanol–water partition coefficient (Wildman–Crippen LogP) is 5.47. The first-order valence-corrected chi connectivity index (χ1v) is 10.0. The number of aryl methyl sites for hydroxylation is 1. The Hall–Kier alpha value is -3.51. The van der Waals surface area contributed by atoms with Gasteiger partial charge < -0.3 is 10.6 Å². The average Bonchev–Trinajstić information content (AvgIpc) is 3.19. The quantitative estimate of drug-likeness (QED) is 0.423. The molecule has 1 heterocycles. The molecular formula is C24H21FN4S. The fourth-order valence-corrected chi connectivity index (χ4v) is 3.34. The molecule has 0 fully saturated rings. The van der Waals surface area contributed by atoms with Crippen molar-refractivity contribution in [3.8, 4) is 16.9 Å². The minimum Gasteiger partial charge on any atom is -0.358 e. The van der Waals surface area contributed by atoms with Crippen LogP contribution in [-0.4, -0.2) is 14.9 Å². The molecule has 0 radical (unpaired) electrons. The molecule has 2 N–H and O–H groups in total. The van der Waals surface area contributed by atoms with Gasteiger partial charge in [0, 0.05) is 29.6 Å². The van der Waals surface area contributed by atoms with Crippen LogP contribution >= 0.6 is 12.2 Å². The third-order valence-corrected chi connectivity index (χ3v) is 5.01. The molecule has 0 amide bonds. The number of halogens is 1. The van der Waals surface area contributed by atoms with E-state index >= 15 is 0 Å². The van der Waals surface area contributed by atoms with E-state index in [-0.39, 0.29) is 5.82 Å². The van der Waals surface area contributed by atoms with Gasteiger partial charge in [-0.1, -0.05) is 36.4 Å². The molecule has 0 aliphatic heterocycles. The van der Waals surface area contributed by atoms with Crippen LogP contribution in [0.15, 0.2) is 85.1 Å². The highest BCUT2D eigenvalue weighted by Gasteiger charge is 2.13. The van der Waals surface area contributed by atoms with Crippen LogP contribution in [0.4, 0.5) is 10.1 Å². The van der Waals surface area contributed by atoms with Gasteiger partial charge in [-0.25, -0.2) is 9.07 Å². The molecule has 0 spiro atoms. The van der Waals surface area contributed by atoms with Crippen LogP contribution in [0.25, 0.3) is 16.9 Å². The number of benzene rings is 3. The number of para-hydroxylation sites is 2. The Labute approximate surface area is 180 Å². The van der Waals surface area contributed by atoms with Gasteiger partial charge in [0.05, 0.1) is 11.4 Å². The van der Waals surface area contributed by atoms with Crippen LogP contribution < -0.4 is 10.6 Å². The fraction of sp³-hybridized carbons (Fsp3) is 0.0833. The number of nitrogens with one attached hydrogen (secondary N) is 2. The number of thiocarbonyl (C=S) groups is 1. The van der Waals surface area contributed by atoms with E-state index in [0.29, 0.717) is 11.7 Å². The molecule has 0 bridgehead atoms. The molecule has 0 aliphatic rings. The summed E-state index contributed by atoms with van der Waals surface area (Å²) in [6, 6.07) is 24.2. The van der Waals surface area contributed by atoms with Gasteiger partial charge in [0.25, 0.3) is 0 Å². The largest absolute Gasteiger partial charge is 0.358 e. The number of aromatic nitrogens is 2. The molecule has 30 heavy (non-hydrogen) atoms. The van der Waals surface area contributed by atoms with Gasteiger partial charge in [-0.3, -0.25) is 0 Å². The molecule has 4 rings (SSSR count). The van der Waals surface area contributed by atoms with E-state index in [0.717, 1.165) is 33.8 Å². The Morgan fingerprint density at radius 2 is 1.67 bits per heavy atom. The summed E-state index contributed by atoms with van der Waals surface area (Å²) >= 11 is 5.47. The number of hydrogen-bond donors (Lipinski definition) is 2. The van der Waals surface area contributed by atoms with Gasteiger partial charge in [0.1, 0.15) is 5.82 Å². The molecule has 3 aromatic carbocycles. The number of anilines is 1. The lowest BCUT2D eigenvalue weighted by atomic mass is 10.1. The zero-order valence-corrected chi connectivity index (χ0v) is 17.3. The Morgan fingerprint density at radius 3 is 2.40 bits per heavy atom. The lowest BCUT2D eigenvalue weighted by molar-refractivity contribution is 0.628. The molecule has 0 aliphatic carbocycles. The molecular weight excluding hydrogens is 395 g/mol. The van der Waals surface area contributed by atoms with Crippen molar-refractivity contribution in [2.75, 3.05) is 5.32 Å². The maximum atomic E-state index is 13.4. The van der Waals surface area contributed by atoms with E-state index in [1.165, 1.54) is 12.1 Å². The van der Waals surface area contributed by atoms with Gasteiger partial charge in [0.15, 0.2) is 5.11 Å². The van der Waals surface area contributed by atoms with Gasteiger partial charge in [-0.2, -0.15) is 5.10 Å². The smallest absolute Gasteiger partial charge is 0.171 e. The maximum absolute atomic E-state index is 13.4. The number of hydrogen-bond acceptors (Lipinski definition) is 2. The molecule has 0 saturated heterocycles. The zero-order chi connectivity index (χ0) is 20.9. The monoisotopic (exact) mass is 416 g/mol. The van der Waals surface area contributed by atoms with Gasteiger partial charge in [-0.15, -0.1) is 0 Å². The van der Waals surface area contributed by atoms with Gasteiger partial charge in [0.2, 0.25) is 0 Å². The summed E-state index contributed by atoms with van der Waals surface area (Å²) in [5.41, 5.74) is 5.62. The molecule has 6 heteroatoms. The summed E-state index contributed by atoms with van der Waals surface area (Å²) in [6.07, 6.45) is 1.97. The second-order valence-corrected chi connectivity index (χ2v) is 7.32. The van der Waals surface area contributed by atoms with Crippen LogP contribution in [0.1, 0.15) is 11.1 Å². The van der Waals surface area contributed by atoms with Crippen molar-refractivity contribution >= 4 is 23.0 Å². The highest BCUT2D eigenvalue weighted by atomic mass is 32.1. The normalized spacial score (nSPS) is 10.6. The van der Waals surface area contributed by atoms with E-state index < -0.39 is 0 Å². The molecule has 150 valence electrons. The first-order chi connectivity index (χ1) is 14.6. The Morgan fingerprint density at radius 1 is 0.967 bits per heavy atom. The van der Waals surface area contributed by atoms with Gasteiger partial charge >= 0.3 is 0 Å². The topological polar surface area (TPSA) is 41.9 Å².